The minimum Gasteiger partial charge on any atom is -0.493 e. The molecule has 1 aliphatic carbocycles. The van der Waals surface area contributed by atoms with Crippen molar-refractivity contribution in [3.05, 3.63) is 23.8 Å². The number of ether oxygens (including phenoxy) is 2. The van der Waals surface area contributed by atoms with Gasteiger partial charge >= 0.3 is 0 Å². The van der Waals surface area contributed by atoms with Gasteiger partial charge < -0.3 is 14.8 Å². The Bertz CT molecular complexity index is 433. The maximum Gasteiger partial charge on any atom is 0.160 e. The molecule has 2 rings (SSSR count). The molecule has 1 aromatic carbocycles. The van der Waals surface area contributed by atoms with Crippen LogP contribution in [-0.4, -0.2) is 27.3 Å². The van der Waals surface area contributed by atoms with Crippen molar-refractivity contribution < 1.29 is 9.47 Å². The van der Waals surface area contributed by atoms with Crippen LogP contribution in [0.5, 0.6) is 11.5 Å². The van der Waals surface area contributed by atoms with Crippen molar-refractivity contribution in [2.24, 2.45) is 5.92 Å². The molecule has 2 atom stereocenters. The monoisotopic (exact) mass is 291 g/mol. The molecule has 1 saturated carbocycles. The van der Waals surface area contributed by atoms with Gasteiger partial charge in [0.2, 0.25) is 0 Å². The van der Waals surface area contributed by atoms with Crippen LogP contribution in [0.3, 0.4) is 0 Å². The van der Waals surface area contributed by atoms with E-state index in [1.54, 1.807) is 14.2 Å². The summed E-state index contributed by atoms with van der Waals surface area (Å²) in [6.07, 6.45) is 6.67. The summed E-state index contributed by atoms with van der Waals surface area (Å²) in [4.78, 5) is 0. The zero-order valence-corrected chi connectivity index (χ0v) is 13.7. The van der Waals surface area contributed by atoms with Gasteiger partial charge in [0.25, 0.3) is 0 Å². The zero-order valence-electron chi connectivity index (χ0n) is 13.7. The standard InChI is InChI=1S/C18H29NO2/c1-4-19-13-15-8-6-5-7-9-16(15)14-10-11-17(20-2)18(12-14)21-3/h10-12,15-16,19H,4-9,13H2,1-3H3. The van der Waals surface area contributed by atoms with Crippen LogP contribution >= 0.6 is 0 Å². The molecule has 0 spiro atoms. The van der Waals surface area contributed by atoms with Gasteiger partial charge in [-0.2, -0.15) is 0 Å². The van der Waals surface area contributed by atoms with Crippen LogP contribution in [0.1, 0.15) is 50.5 Å². The molecule has 1 fully saturated rings. The molecular weight excluding hydrogens is 262 g/mol. The predicted molar refractivity (Wildman–Crippen MR) is 87.4 cm³/mol. The first-order chi connectivity index (χ1) is 10.3. The summed E-state index contributed by atoms with van der Waals surface area (Å²) in [6, 6.07) is 6.44. The number of nitrogens with one attached hydrogen (secondary N) is 1. The molecule has 118 valence electrons. The minimum absolute atomic E-state index is 0.631. The normalized spacial score (nSPS) is 22.6. The van der Waals surface area contributed by atoms with Gasteiger partial charge in [-0.1, -0.05) is 32.3 Å². The topological polar surface area (TPSA) is 30.5 Å². The summed E-state index contributed by atoms with van der Waals surface area (Å²) >= 11 is 0. The van der Waals surface area contributed by atoms with E-state index in [2.05, 4.69) is 24.4 Å². The summed E-state index contributed by atoms with van der Waals surface area (Å²) < 4.78 is 10.8. The second-order valence-electron chi connectivity index (χ2n) is 5.93. The third-order valence-electron chi connectivity index (χ3n) is 4.65. The number of benzene rings is 1. The van der Waals surface area contributed by atoms with Crippen LogP contribution in [0, 0.1) is 5.92 Å². The molecule has 1 aliphatic rings. The molecule has 2 unspecified atom stereocenters. The highest BCUT2D eigenvalue weighted by atomic mass is 16.5. The quantitative estimate of drug-likeness (QED) is 0.804. The van der Waals surface area contributed by atoms with Gasteiger partial charge in [0.1, 0.15) is 0 Å². The highest BCUT2D eigenvalue weighted by Crippen LogP contribution is 2.39. The second-order valence-corrected chi connectivity index (χ2v) is 5.93. The highest BCUT2D eigenvalue weighted by Gasteiger charge is 2.25. The van der Waals surface area contributed by atoms with Crippen molar-refractivity contribution in [1.29, 1.82) is 0 Å². The van der Waals surface area contributed by atoms with Crippen LogP contribution in [0.25, 0.3) is 0 Å². The van der Waals surface area contributed by atoms with E-state index in [0.29, 0.717) is 5.92 Å². The Labute approximate surface area is 129 Å². The van der Waals surface area contributed by atoms with Crippen molar-refractivity contribution in [3.63, 3.8) is 0 Å². The van der Waals surface area contributed by atoms with Gasteiger partial charge in [-0.05, 0) is 55.5 Å². The van der Waals surface area contributed by atoms with Crippen LogP contribution in [0.2, 0.25) is 0 Å². The third kappa shape index (κ3) is 4.13. The van der Waals surface area contributed by atoms with Gasteiger partial charge in [-0.15, -0.1) is 0 Å². The fourth-order valence-corrected chi connectivity index (χ4v) is 3.48. The fraction of sp³-hybridized carbons (Fsp3) is 0.667. The highest BCUT2D eigenvalue weighted by molar-refractivity contribution is 5.44. The number of methoxy groups -OCH3 is 2. The van der Waals surface area contributed by atoms with Gasteiger partial charge in [-0.3, -0.25) is 0 Å². The first kappa shape index (κ1) is 16.2. The molecule has 0 aromatic heterocycles. The summed E-state index contributed by atoms with van der Waals surface area (Å²) in [6.45, 7) is 4.35. The Kier molecular flexibility index (Phi) is 6.37. The number of rotatable bonds is 6. The fourth-order valence-electron chi connectivity index (χ4n) is 3.48. The lowest BCUT2D eigenvalue weighted by molar-refractivity contribution is 0.350. The van der Waals surface area contributed by atoms with E-state index in [1.165, 1.54) is 37.7 Å². The Morgan fingerprint density at radius 1 is 1.05 bits per heavy atom. The van der Waals surface area contributed by atoms with E-state index in [9.17, 15) is 0 Å². The molecule has 0 amide bonds. The molecule has 1 N–H and O–H groups in total. The van der Waals surface area contributed by atoms with Crippen molar-refractivity contribution in [2.45, 2.75) is 44.9 Å². The van der Waals surface area contributed by atoms with Crippen LogP contribution in [-0.2, 0) is 0 Å². The van der Waals surface area contributed by atoms with Crippen LogP contribution in [0.15, 0.2) is 18.2 Å². The first-order valence-corrected chi connectivity index (χ1v) is 8.22. The largest absolute Gasteiger partial charge is 0.493 e. The lowest BCUT2D eigenvalue weighted by atomic mass is 9.82. The summed E-state index contributed by atoms with van der Waals surface area (Å²) in [5.41, 5.74) is 1.40. The van der Waals surface area contributed by atoms with E-state index in [4.69, 9.17) is 9.47 Å². The molecule has 3 heteroatoms. The molecule has 0 heterocycles. The van der Waals surface area contributed by atoms with E-state index in [0.717, 1.165) is 30.5 Å². The Morgan fingerprint density at radius 3 is 2.52 bits per heavy atom. The average Bonchev–Trinajstić information content (AvgIpc) is 2.77. The summed E-state index contributed by atoms with van der Waals surface area (Å²) in [5, 5.41) is 3.54. The van der Waals surface area contributed by atoms with Crippen LogP contribution in [0.4, 0.5) is 0 Å². The number of hydrogen-bond acceptors (Lipinski definition) is 3. The van der Waals surface area contributed by atoms with Crippen molar-refractivity contribution in [2.75, 3.05) is 27.3 Å². The van der Waals surface area contributed by atoms with Gasteiger partial charge in [0.15, 0.2) is 11.5 Å². The molecule has 0 bridgehead atoms. The van der Waals surface area contributed by atoms with Crippen molar-refractivity contribution in [1.82, 2.24) is 5.32 Å². The maximum absolute atomic E-state index is 5.47. The lowest BCUT2D eigenvalue weighted by Crippen LogP contribution is -2.26. The Balaban J connectivity index is 2.22. The van der Waals surface area contributed by atoms with Crippen LogP contribution < -0.4 is 14.8 Å². The van der Waals surface area contributed by atoms with Crippen molar-refractivity contribution >= 4 is 0 Å². The third-order valence-corrected chi connectivity index (χ3v) is 4.65. The first-order valence-electron chi connectivity index (χ1n) is 8.22. The molecule has 0 radical (unpaired) electrons. The summed E-state index contributed by atoms with van der Waals surface area (Å²) in [5.74, 6) is 3.02. The van der Waals surface area contributed by atoms with Gasteiger partial charge in [0, 0.05) is 0 Å². The van der Waals surface area contributed by atoms with Gasteiger partial charge in [0.05, 0.1) is 14.2 Å². The molecule has 3 nitrogen and oxygen atoms in total. The molecule has 0 saturated heterocycles. The van der Waals surface area contributed by atoms with E-state index < -0.39 is 0 Å². The average molecular weight is 291 g/mol. The minimum atomic E-state index is 0.631. The SMILES string of the molecule is CCNCC1CCCCCC1c1ccc(OC)c(OC)c1. The molecule has 1 aromatic rings. The predicted octanol–water partition coefficient (Wildman–Crippen LogP) is 3.98. The van der Waals surface area contributed by atoms with Gasteiger partial charge in [-0.25, -0.2) is 0 Å². The molecular formula is C18H29NO2. The summed E-state index contributed by atoms with van der Waals surface area (Å²) in [7, 11) is 3.40. The number of hydrogen-bond donors (Lipinski definition) is 1. The Morgan fingerprint density at radius 2 is 1.81 bits per heavy atom. The zero-order chi connectivity index (χ0) is 15.1. The van der Waals surface area contributed by atoms with E-state index in [-0.39, 0.29) is 0 Å². The Hall–Kier alpha value is -1.22. The second kappa shape index (κ2) is 8.28. The van der Waals surface area contributed by atoms with Crippen molar-refractivity contribution in [3.8, 4) is 11.5 Å². The molecule has 21 heavy (non-hydrogen) atoms. The van der Waals surface area contributed by atoms with E-state index in [1.807, 2.05) is 6.07 Å². The maximum atomic E-state index is 5.47. The smallest absolute Gasteiger partial charge is 0.160 e. The molecule has 0 aliphatic heterocycles. The van der Waals surface area contributed by atoms with E-state index >= 15 is 0 Å². The lowest BCUT2D eigenvalue weighted by Gasteiger charge is -2.26.